The molecule has 0 bridgehead atoms. The lowest BCUT2D eigenvalue weighted by molar-refractivity contribution is -0.147. The van der Waals surface area contributed by atoms with Crippen LogP contribution in [0.25, 0.3) is 0 Å². The third-order valence-corrected chi connectivity index (χ3v) is 2.57. The molecule has 0 aliphatic heterocycles. The second-order valence-electron chi connectivity index (χ2n) is 3.99. The zero-order chi connectivity index (χ0) is 14.3. The minimum Gasteiger partial charge on any atom is -0.464 e. The molecule has 0 fully saturated rings. The second-order valence-corrected chi connectivity index (χ2v) is 3.99. The van der Waals surface area contributed by atoms with Gasteiger partial charge in [0.1, 0.15) is 6.04 Å². The van der Waals surface area contributed by atoms with Gasteiger partial charge in [-0.1, -0.05) is 36.3 Å². The summed E-state index contributed by atoms with van der Waals surface area (Å²) in [4.78, 5) is 23.1. The lowest BCUT2D eigenvalue weighted by Crippen LogP contribution is -2.44. The van der Waals surface area contributed by atoms with Crippen molar-refractivity contribution >= 4 is 11.9 Å². The summed E-state index contributed by atoms with van der Waals surface area (Å²) in [6.45, 7) is 3.28. The van der Waals surface area contributed by atoms with Crippen LogP contribution < -0.4 is 5.32 Å². The molecule has 0 radical (unpaired) electrons. The van der Waals surface area contributed by atoms with Crippen molar-refractivity contribution in [2.45, 2.75) is 25.8 Å². The largest absolute Gasteiger partial charge is 0.464 e. The fourth-order valence-corrected chi connectivity index (χ4v) is 1.77. The molecule has 1 N–H and O–H groups in total. The van der Waals surface area contributed by atoms with Crippen LogP contribution in [0.1, 0.15) is 25.3 Å². The highest BCUT2D eigenvalue weighted by molar-refractivity contribution is 5.84. The van der Waals surface area contributed by atoms with Crippen molar-refractivity contribution in [2.24, 2.45) is 0 Å². The van der Waals surface area contributed by atoms with Gasteiger partial charge >= 0.3 is 5.97 Å². The molecule has 4 heteroatoms. The Balaban J connectivity index is 3.03. The molecule has 0 saturated heterocycles. The first-order valence-corrected chi connectivity index (χ1v) is 6.05. The molecule has 0 saturated carbocycles. The quantitative estimate of drug-likeness (QED) is 0.643. The smallest absolute Gasteiger partial charge is 0.330 e. The third kappa shape index (κ3) is 4.14. The topological polar surface area (TPSA) is 55.4 Å². The van der Waals surface area contributed by atoms with Gasteiger partial charge in [0.25, 0.3) is 0 Å². The van der Waals surface area contributed by atoms with Gasteiger partial charge in [-0.2, -0.15) is 0 Å². The van der Waals surface area contributed by atoms with Gasteiger partial charge in [0.2, 0.25) is 5.91 Å². The summed E-state index contributed by atoms with van der Waals surface area (Å²) in [6, 6.07) is 8.28. The van der Waals surface area contributed by atoms with Crippen molar-refractivity contribution < 1.29 is 14.3 Å². The standard InChI is InChI=1S/C15H17NO3/c1-4-13(12-9-7-6-8-10-12)14(16-11(3)17)15(18)19-5-2/h1,6-10,13-14H,5H2,2-3H3,(H,16,17)/t13-,14-/m0/s1. The van der Waals surface area contributed by atoms with Crippen LogP contribution in [0, 0.1) is 12.3 Å². The van der Waals surface area contributed by atoms with Crippen LogP contribution in [-0.2, 0) is 14.3 Å². The number of rotatable bonds is 5. The molecule has 1 aromatic rings. The summed E-state index contributed by atoms with van der Waals surface area (Å²) >= 11 is 0. The van der Waals surface area contributed by atoms with Gasteiger partial charge in [-0.3, -0.25) is 4.79 Å². The minimum atomic E-state index is -0.871. The van der Waals surface area contributed by atoms with E-state index in [9.17, 15) is 9.59 Å². The average molecular weight is 259 g/mol. The van der Waals surface area contributed by atoms with Gasteiger partial charge in [-0.05, 0) is 12.5 Å². The maximum Gasteiger partial charge on any atom is 0.330 e. The molecule has 0 spiro atoms. The van der Waals surface area contributed by atoms with E-state index in [1.807, 2.05) is 30.3 Å². The molecule has 0 heterocycles. The van der Waals surface area contributed by atoms with Gasteiger partial charge in [0.15, 0.2) is 0 Å². The number of nitrogens with one attached hydrogen (secondary N) is 1. The van der Waals surface area contributed by atoms with Crippen LogP contribution in [0.3, 0.4) is 0 Å². The van der Waals surface area contributed by atoms with Crippen LogP contribution >= 0.6 is 0 Å². The van der Waals surface area contributed by atoms with Crippen molar-refractivity contribution in [2.75, 3.05) is 6.61 Å². The summed E-state index contributed by atoms with van der Waals surface area (Å²) in [6.07, 6.45) is 5.51. The summed E-state index contributed by atoms with van der Waals surface area (Å²) in [7, 11) is 0. The molecule has 4 nitrogen and oxygen atoms in total. The van der Waals surface area contributed by atoms with Crippen molar-refractivity contribution in [3.05, 3.63) is 35.9 Å². The molecule has 0 unspecified atom stereocenters. The number of carbonyl (C=O) groups is 2. The van der Waals surface area contributed by atoms with Gasteiger partial charge < -0.3 is 10.1 Å². The Morgan fingerprint density at radius 1 is 1.37 bits per heavy atom. The molecular weight excluding hydrogens is 242 g/mol. The Morgan fingerprint density at radius 3 is 2.47 bits per heavy atom. The first-order chi connectivity index (χ1) is 9.10. The fraction of sp³-hybridized carbons (Fsp3) is 0.333. The minimum absolute atomic E-state index is 0.237. The highest BCUT2D eigenvalue weighted by atomic mass is 16.5. The number of amides is 1. The zero-order valence-electron chi connectivity index (χ0n) is 11.1. The van der Waals surface area contributed by atoms with E-state index in [1.165, 1.54) is 6.92 Å². The normalized spacial score (nSPS) is 12.9. The second kappa shape index (κ2) is 7.22. The molecule has 0 aliphatic carbocycles. The predicted octanol–water partition coefficient (Wildman–Crippen LogP) is 1.47. The van der Waals surface area contributed by atoms with Crippen LogP contribution in [0.2, 0.25) is 0 Å². The molecular formula is C15H17NO3. The molecule has 1 amide bonds. The predicted molar refractivity (Wildman–Crippen MR) is 72.3 cm³/mol. The number of ether oxygens (including phenoxy) is 1. The Labute approximate surface area is 113 Å². The Hall–Kier alpha value is -2.28. The lowest BCUT2D eigenvalue weighted by atomic mass is 9.92. The first-order valence-electron chi connectivity index (χ1n) is 6.05. The van der Waals surface area contributed by atoms with E-state index >= 15 is 0 Å². The highest BCUT2D eigenvalue weighted by Gasteiger charge is 2.30. The van der Waals surface area contributed by atoms with E-state index in [4.69, 9.17) is 11.2 Å². The van der Waals surface area contributed by atoms with Crippen molar-refractivity contribution in [1.82, 2.24) is 5.32 Å². The van der Waals surface area contributed by atoms with E-state index in [0.717, 1.165) is 5.56 Å². The van der Waals surface area contributed by atoms with Gasteiger partial charge in [0.05, 0.1) is 12.5 Å². The van der Waals surface area contributed by atoms with E-state index in [2.05, 4.69) is 11.2 Å². The lowest BCUT2D eigenvalue weighted by Gasteiger charge is -2.22. The molecule has 100 valence electrons. The molecule has 2 atom stereocenters. The van der Waals surface area contributed by atoms with Crippen LogP contribution in [0.4, 0.5) is 0 Å². The molecule has 0 aromatic heterocycles. The van der Waals surface area contributed by atoms with Crippen LogP contribution in [0.15, 0.2) is 30.3 Å². The summed E-state index contributed by atoms with van der Waals surface area (Å²) in [5, 5.41) is 2.56. The number of benzene rings is 1. The first kappa shape index (κ1) is 14.8. The maximum atomic E-state index is 11.9. The van der Waals surface area contributed by atoms with E-state index in [0.29, 0.717) is 0 Å². The fourth-order valence-electron chi connectivity index (χ4n) is 1.77. The van der Waals surface area contributed by atoms with Crippen LogP contribution in [-0.4, -0.2) is 24.5 Å². The van der Waals surface area contributed by atoms with E-state index < -0.39 is 17.9 Å². The Bertz CT molecular complexity index is 476. The van der Waals surface area contributed by atoms with Gasteiger partial charge in [0, 0.05) is 6.92 Å². The molecule has 19 heavy (non-hydrogen) atoms. The average Bonchev–Trinajstić information content (AvgIpc) is 2.39. The maximum absolute atomic E-state index is 11.9. The zero-order valence-corrected chi connectivity index (χ0v) is 11.1. The van der Waals surface area contributed by atoms with Crippen molar-refractivity contribution in [3.63, 3.8) is 0 Å². The summed E-state index contributed by atoms with van der Waals surface area (Å²) in [5.41, 5.74) is 0.789. The van der Waals surface area contributed by atoms with E-state index in [-0.39, 0.29) is 12.5 Å². The van der Waals surface area contributed by atoms with Gasteiger partial charge in [-0.15, -0.1) is 6.42 Å². The number of hydrogen-bond acceptors (Lipinski definition) is 3. The van der Waals surface area contributed by atoms with Gasteiger partial charge in [-0.25, -0.2) is 4.79 Å². The Morgan fingerprint density at radius 2 is 2.00 bits per heavy atom. The highest BCUT2D eigenvalue weighted by Crippen LogP contribution is 2.20. The molecule has 1 rings (SSSR count). The molecule has 1 aromatic carbocycles. The monoisotopic (exact) mass is 259 g/mol. The Kier molecular flexibility index (Phi) is 5.62. The summed E-state index contributed by atoms with van der Waals surface area (Å²) < 4.78 is 4.96. The van der Waals surface area contributed by atoms with E-state index in [1.54, 1.807) is 6.92 Å². The third-order valence-electron chi connectivity index (χ3n) is 2.57. The van der Waals surface area contributed by atoms with Crippen molar-refractivity contribution in [3.8, 4) is 12.3 Å². The van der Waals surface area contributed by atoms with Crippen molar-refractivity contribution in [1.29, 1.82) is 0 Å². The SMILES string of the molecule is C#C[C@@H](c1ccccc1)[C@H](NC(C)=O)C(=O)OCC. The number of esters is 1. The number of carbonyl (C=O) groups excluding carboxylic acids is 2. The number of terminal acetylenes is 1. The van der Waals surface area contributed by atoms with Crippen LogP contribution in [0.5, 0.6) is 0 Å². The molecule has 0 aliphatic rings. The number of hydrogen-bond donors (Lipinski definition) is 1. The summed E-state index contributed by atoms with van der Waals surface area (Å²) in [5.74, 6) is 1.15.